The summed E-state index contributed by atoms with van der Waals surface area (Å²) < 4.78 is 5.15. The van der Waals surface area contributed by atoms with E-state index in [4.69, 9.17) is 10.5 Å². The summed E-state index contributed by atoms with van der Waals surface area (Å²) >= 11 is 0. The minimum atomic E-state index is -0.331. The van der Waals surface area contributed by atoms with E-state index in [2.05, 4.69) is 5.32 Å². The van der Waals surface area contributed by atoms with E-state index in [0.717, 1.165) is 23.4 Å². The molecule has 1 heterocycles. The first kappa shape index (κ1) is 13.4. The van der Waals surface area contributed by atoms with Crippen LogP contribution in [0.25, 0.3) is 0 Å². The number of carbonyl (C=O) groups excluding carboxylic acids is 2. The number of carbonyl (C=O) groups is 2. The van der Waals surface area contributed by atoms with Gasteiger partial charge in [0.25, 0.3) is 0 Å². The highest BCUT2D eigenvalue weighted by Crippen LogP contribution is 2.31. The molecule has 0 aromatic heterocycles. The van der Waals surface area contributed by atoms with Crippen molar-refractivity contribution in [3.63, 3.8) is 0 Å². The molecule has 0 bridgehead atoms. The lowest BCUT2D eigenvalue weighted by molar-refractivity contribution is -0.124. The molecule has 2 amide bonds. The summed E-state index contributed by atoms with van der Waals surface area (Å²) in [6.45, 7) is 0.488. The van der Waals surface area contributed by atoms with Gasteiger partial charge in [0.1, 0.15) is 5.75 Å². The second kappa shape index (κ2) is 5.71. The molecule has 102 valence electrons. The number of nitrogens with zero attached hydrogens (tertiary/aromatic N) is 1. The van der Waals surface area contributed by atoms with Crippen molar-refractivity contribution in [1.29, 1.82) is 0 Å². The Kier molecular flexibility index (Phi) is 4.01. The van der Waals surface area contributed by atoms with Crippen LogP contribution >= 0.6 is 0 Å². The molecule has 0 spiro atoms. The average Bonchev–Trinajstić information content (AvgIpc) is 2.87. The van der Waals surface area contributed by atoms with Gasteiger partial charge in [-0.1, -0.05) is 0 Å². The Bertz CT molecular complexity index is 502. The summed E-state index contributed by atoms with van der Waals surface area (Å²) in [5.41, 5.74) is 7.13. The van der Waals surface area contributed by atoms with Crippen molar-refractivity contribution in [1.82, 2.24) is 5.32 Å². The van der Waals surface area contributed by atoms with E-state index in [1.165, 1.54) is 0 Å². The van der Waals surface area contributed by atoms with Crippen LogP contribution in [-0.4, -0.2) is 38.6 Å². The van der Waals surface area contributed by atoms with E-state index in [1.54, 1.807) is 12.0 Å². The van der Waals surface area contributed by atoms with Gasteiger partial charge in [0.15, 0.2) is 0 Å². The lowest BCUT2D eigenvalue weighted by Crippen LogP contribution is -2.41. The Morgan fingerprint density at radius 1 is 1.47 bits per heavy atom. The van der Waals surface area contributed by atoms with Crippen molar-refractivity contribution in [2.24, 2.45) is 5.73 Å². The van der Waals surface area contributed by atoms with E-state index in [-0.39, 0.29) is 24.9 Å². The molecular formula is C13H17N3O3. The first-order valence-electron chi connectivity index (χ1n) is 6.09. The van der Waals surface area contributed by atoms with Gasteiger partial charge in [-0.05, 0) is 30.2 Å². The van der Waals surface area contributed by atoms with Gasteiger partial charge in [0, 0.05) is 12.2 Å². The first-order chi connectivity index (χ1) is 9.15. The number of hydrogen-bond acceptors (Lipinski definition) is 4. The second-order valence-electron chi connectivity index (χ2n) is 4.27. The predicted molar refractivity (Wildman–Crippen MR) is 71.1 cm³/mol. The summed E-state index contributed by atoms with van der Waals surface area (Å²) in [6.07, 6.45) is 0.795. The normalized spacial score (nSPS) is 13.1. The maximum absolute atomic E-state index is 12.0. The number of amides is 2. The highest BCUT2D eigenvalue weighted by atomic mass is 16.5. The lowest BCUT2D eigenvalue weighted by Gasteiger charge is -2.17. The van der Waals surface area contributed by atoms with Crippen molar-refractivity contribution < 1.29 is 14.3 Å². The molecule has 1 aromatic rings. The fraction of sp³-hybridized carbons (Fsp3) is 0.385. The van der Waals surface area contributed by atoms with Crippen LogP contribution in [0.4, 0.5) is 5.69 Å². The van der Waals surface area contributed by atoms with E-state index in [1.807, 2.05) is 18.2 Å². The lowest BCUT2D eigenvalue weighted by atomic mass is 10.1. The molecule has 1 aliphatic rings. The maximum Gasteiger partial charge on any atom is 0.246 e. The summed E-state index contributed by atoms with van der Waals surface area (Å²) in [5.74, 6) is 0.317. The van der Waals surface area contributed by atoms with Crippen LogP contribution in [0.15, 0.2) is 18.2 Å². The van der Waals surface area contributed by atoms with E-state index in [9.17, 15) is 9.59 Å². The fourth-order valence-corrected chi connectivity index (χ4v) is 2.11. The van der Waals surface area contributed by atoms with Gasteiger partial charge >= 0.3 is 0 Å². The smallest absolute Gasteiger partial charge is 0.246 e. The van der Waals surface area contributed by atoms with Gasteiger partial charge in [-0.15, -0.1) is 0 Å². The van der Waals surface area contributed by atoms with Crippen LogP contribution in [0, 0.1) is 0 Å². The molecule has 0 saturated heterocycles. The third-order valence-corrected chi connectivity index (χ3v) is 3.11. The Morgan fingerprint density at radius 2 is 2.26 bits per heavy atom. The standard InChI is InChI=1S/C13H17N3O3/c1-19-10-2-3-11-9(6-10)4-5-16(11)13(18)8-15-12(17)7-14/h2-3,6H,4-5,7-8,14H2,1H3,(H,15,17). The summed E-state index contributed by atoms with van der Waals surface area (Å²) in [4.78, 5) is 24.7. The predicted octanol–water partition coefficient (Wildman–Crippen LogP) is -0.341. The number of fused-ring (bicyclic) bond motifs is 1. The van der Waals surface area contributed by atoms with E-state index in [0.29, 0.717) is 6.54 Å². The molecule has 0 radical (unpaired) electrons. The highest BCUT2D eigenvalue weighted by Gasteiger charge is 2.24. The molecule has 3 N–H and O–H groups in total. The van der Waals surface area contributed by atoms with Crippen molar-refractivity contribution in [3.8, 4) is 5.75 Å². The van der Waals surface area contributed by atoms with E-state index >= 15 is 0 Å². The monoisotopic (exact) mass is 263 g/mol. The van der Waals surface area contributed by atoms with E-state index < -0.39 is 0 Å². The Balaban J connectivity index is 2.05. The SMILES string of the molecule is COc1ccc2c(c1)CCN2C(=O)CNC(=O)CN. The molecule has 0 unspecified atom stereocenters. The number of nitrogens with two attached hydrogens (primary N) is 1. The molecule has 0 saturated carbocycles. The van der Waals surface area contributed by atoms with Crippen LogP contribution in [0.2, 0.25) is 0 Å². The highest BCUT2D eigenvalue weighted by molar-refractivity contribution is 5.98. The van der Waals surface area contributed by atoms with Crippen molar-refractivity contribution in [2.75, 3.05) is 31.6 Å². The second-order valence-corrected chi connectivity index (χ2v) is 4.27. The average molecular weight is 263 g/mol. The van der Waals surface area contributed by atoms with Crippen molar-refractivity contribution in [2.45, 2.75) is 6.42 Å². The zero-order chi connectivity index (χ0) is 13.8. The van der Waals surface area contributed by atoms with Gasteiger partial charge in [0.05, 0.1) is 20.2 Å². The summed E-state index contributed by atoms with van der Waals surface area (Å²) in [7, 11) is 1.61. The number of anilines is 1. The first-order valence-corrected chi connectivity index (χ1v) is 6.09. The quantitative estimate of drug-likeness (QED) is 0.778. The molecule has 19 heavy (non-hydrogen) atoms. The fourth-order valence-electron chi connectivity index (χ4n) is 2.11. The molecule has 0 fully saturated rings. The van der Waals surface area contributed by atoms with Crippen molar-refractivity contribution in [3.05, 3.63) is 23.8 Å². The third-order valence-electron chi connectivity index (χ3n) is 3.11. The molecular weight excluding hydrogens is 246 g/mol. The van der Waals surface area contributed by atoms with Gasteiger partial charge in [0.2, 0.25) is 11.8 Å². The van der Waals surface area contributed by atoms with Crippen LogP contribution < -0.4 is 20.7 Å². The number of methoxy groups -OCH3 is 1. The molecule has 6 heteroatoms. The number of benzene rings is 1. The molecule has 0 atom stereocenters. The Hall–Kier alpha value is -2.08. The summed E-state index contributed by atoms with van der Waals surface area (Å²) in [6, 6.07) is 5.62. The molecule has 2 rings (SSSR count). The zero-order valence-electron chi connectivity index (χ0n) is 10.8. The zero-order valence-corrected chi connectivity index (χ0v) is 10.8. The number of hydrogen-bond donors (Lipinski definition) is 2. The van der Waals surface area contributed by atoms with Crippen molar-refractivity contribution >= 4 is 17.5 Å². The number of nitrogens with one attached hydrogen (secondary N) is 1. The van der Waals surface area contributed by atoms with Crippen LogP contribution in [0.5, 0.6) is 5.75 Å². The van der Waals surface area contributed by atoms with Crippen LogP contribution in [0.3, 0.4) is 0 Å². The van der Waals surface area contributed by atoms with Gasteiger partial charge in [-0.2, -0.15) is 0 Å². The molecule has 6 nitrogen and oxygen atoms in total. The summed E-state index contributed by atoms with van der Waals surface area (Å²) in [5, 5.41) is 2.48. The Labute approximate surface area is 111 Å². The molecule has 0 aliphatic carbocycles. The van der Waals surface area contributed by atoms with Gasteiger partial charge < -0.3 is 20.7 Å². The number of ether oxygens (including phenoxy) is 1. The third kappa shape index (κ3) is 2.85. The Morgan fingerprint density at radius 3 is 2.95 bits per heavy atom. The van der Waals surface area contributed by atoms with Crippen LogP contribution in [-0.2, 0) is 16.0 Å². The minimum absolute atomic E-state index is 0.0263. The molecule has 1 aromatic carbocycles. The largest absolute Gasteiger partial charge is 0.497 e. The topological polar surface area (TPSA) is 84.7 Å². The maximum atomic E-state index is 12.0. The molecule has 1 aliphatic heterocycles. The minimum Gasteiger partial charge on any atom is -0.497 e. The van der Waals surface area contributed by atoms with Gasteiger partial charge in [-0.3, -0.25) is 9.59 Å². The van der Waals surface area contributed by atoms with Crippen LogP contribution in [0.1, 0.15) is 5.56 Å². The number of rotatable bonds is 4. The van der Waals surface area contributed by atoms with Gasteiger partial charge in [-0.25, -0.2) is 0 Å².